The van der Waals surface area contributed by atoms with E-state index in [-0.39, 0.29) is 0 Å². The molecule has 82 valence electrons. The average Bonchev–Trinajstić information content (AvgIpc) is 2.33. The Morgan fingerprint density at radius 2 is 1.56 bits per heavy atom. The molecule has 0 heterocycles. The number of hydrogen-bond donors (Lipinski definition) is 0. The SMILES string of the molecule is COc1ccccc1Cc1ccccc1P. The molecular weight excluding hydrogens is 215 g/mol. The van der Waals surface area contributed by atoms with Gasteiger partial charge < -0.3 is 4.74 Å². The maximum atomic E-state index is 5.35. The molecule has 1 unspecified atom stereocenters. The molecule has 1 nitrogen and oxygen atoms in total. The van der Waals surface area contributed by atoms with Gasteiger partial charge in [0.25, 0.3) is 0 Å². The van der Waals surface area contributed by atoms with Crippen LogP contribution in [0.3, 0.4) is 0 Å². The van der Waals surface area contributed by atoms with Crippen molar-refractivity contribution in [2.24, 2.45) is 0 Å². The second kappa shape index (κ2) is 5.14. The molecule has 0 aromatic heterocycles. The smallest absolute Gasteiger partial charge is 0.122 e. The molecule has 1 atom stereocenters. The monoisotopic (exact) mass is 230 g/mol. The summed E-state index contributed by atoms with van der Waals surface area (Å²) in [6, 6.07) is 16.5. The number of para-hydroxylation sites is 1. The van der Waals surface area contributed by atoms with E-state index in [1.54, 1.807) is 7.11 Å². The molecule has 0 aliphatic heterocycles. The molecule has 0 bridgehead atoms. The fraction of sp³-hybridized carbons (Fsp3) is 0.143. The van der Waals surface area contributed by atoms with Gasteiger partial charge in [0.05, 0.1) is 7.11 Å². The summed E-state index contributed by atoms with van der Waals surface area (Å²) in [6.07, 6.45) is 0.906. The zero-order valence-electron chi connectivity index (χ0n) is 9.31. The molecule has 0 N–H and O–H groups in total. The Morgan fingerprint density at radius 1 is 0.938 bits per heavy atom. The van der Waals surface area contributed by atoms with Crippen LogP contribution in [-0.2, 0) is 6.42 Å². The molecule has 2 rings (SSSR count). The first-order valence-corrected chi connectivity index (χ1v) is 5.84. The Labute approximate surface area is 98.7 Å². The highest BCUT2D eigenvalue weighted by Crippen LogP contribution is 2.20. The van der Waals surface area contributed by atoms with Crippen LogP contribution in [0, 0.1) is 0 Å². The minimum atomic E-state index is 0.906. The first-order chi connectivity index (χ1) is 7.81. The van der Waals surface area contributed by atoms with Gasteiger partial charge in [0, 0.05) is 6.42 Å². The van der Waals surface area contributed by atoms with Crippen LogP contribution in [0.4, 0.5) is 0 Å². The molecule has 16 heavy (non-hydrogen) atoms. The lowest BCUT2D eigenvalue weighted by Gasteiger charge is -2.09. The van der Waals surface area contributed by atoms with Gasteiger partial charge in [-0.15, -0.1) is 9.24 Å². The van der Waals surface area contributed by atoms with Crippen LogP contribution in [0.2, 0.25) is 0 Å². The van der Waals surface area contributed by atoms with Gasteiger partial charge in [-0.05, 0) is 22.5 Å². The minimum absolute atomic E-state index is 0.906. The quantitative estimate of drug-likeness (QED) is 0.737. The molecule has 2 heteroatoms. The average molecular weight is 230 g/mol. The van der Waals surface area contributed by atoms with Crippen molar-refractivity contribution in [3.05, 3.63) is 59.7 Å². The van der Waals surface area contributed by atoms with E-state index in [1.807, 2.05) is 24.3 Å². The summed E-state index contributed by atoms with van der Waals surface area (Å²) in [5.74, 6) is 0.954. The first-order valence-electron chi connectivity index (χ1n) is 5.26. The predicted octanol–water partition coefficient (Wildman–Crippen LogP) is 2.79. The van der Waals surface area contributed by atoms with E-state index >= 15 is 0 Å². The van der Waals surface area contributed by atoms with Gasteiger partial charge in [-0.2, -0.15) is 0 Å². The first kappa shape index (κ1) is 11.2. The third kappa shape index (κ3) is 2.43. The summed E-state index contributed by atoms with van der Waals surface area (Å²) in [7, 11) is 4.49. The lowest BCUT2D eigenvalue weighted by molar-refractivity contribution is 0.410. The Morgan fingerprint density at radius 3 is 2.25 bits per heavy atom. The number of ether oxygens (including phenoxy) is 1. The van der Waals surface area contributed by atoms with Gasteiger partial charge >= 0.3 is 0 Å². The molecular formula is C14H15OP. The zero-order chi connectivity index (χ0) is 11.4. The second-order valence-electron chi connectivity index (χ2n) is 3.69. The summed E-state index contributed by atoms with van der Waals surface area (Å²) in [5, 5.41) is 1.24. The van der Waals surface area contributed by atoms with E-state index in [2.05, 4.69) is 33.5 Å². The maximum absolute atomic E-state index is 5.35. The summed E-state index contributed by atoms with van der Waals surface area (Å²) >= 11 is 0. The molecule has 0 radical (unpaired) electrons. The summed E-state index contributed by atoms with van der Waals surface area (Å²) < 4.78 is 5.35. The van der Waals surface area contributed by atoms with Crippen molar-refractivity contribution in [2.45, 2.75) is 6.42 Å². The van der Waals surface area contributed by atoms with Crippen molar-refractivity contribution in [1.29, 1.82) is 0 Å². The molecule has 0 fully saturated rings. The molecule has 0 spiro atoms. The van der Waals surface area contributed by atoms with Crippen LogP contribution in [0.15, 0.2) is 48.5 Å². The van der Waals surface area contributed by atoms with E-state index in [9.17, 15) is 0 Å². The van der Waals surface area contributed by atoms with E-state index < -0.39 is 0 Å². The Balaban J connectivity index is 2.30. The van der Waals surface area contributed by atoms with E-state index in [4.69, 9.17) is 4.74 Å². The van der Waals surface area contributed by atoms with Crippen LogP contribution < -0.4 is 10.0 Å². The molecule has 0 amide bonds. The van der Waals surface area contributed by atoms with E-state index in [0.717, 1.165) is 12.2 Å². The topological polar surface area (TPSA) is 9.23 Å². The minimum Gasteiger partial charge on any atom is -0.496 e. The van der Waals surface area contributed by atoms with Gasteiger partial charge in [0.1, 0.15) is 5.75 Å². The second-order valence-corrected chi connectivity index (χ2v) is 4.31. The Bertz CT molecular complexity index is 480. The van der Waals surface area contributed by atoms with Gasteiger partial charge in [-0.25, -0.2) is 0 Å². The molecule has 0 saturated heterocycles. The lowest BCUT2D eigenvalue weighted by atomic mass is 10.0. The lowest BCUT2D eigenvalue weighted by Crippen LogP contribution is -2.02. The largest absolute Gasteiger partial charge is 0.496 e. The number of benzene rings is 2. The Kier molecular flexibility index (Phi) is 3.58. The zero-order valence-corrected chi connectivity index (χ0v) is 10.5. The van der Waals surface area contributed by atoms with E-state index in [0.29, 0.717) is 0 Å². The molecule has 0 saturated carbocycles. The predicted molar refractivity (Wildman–Crippen MR) is 71.6 cm³/mol. The van der Waals surface area contributed by atoms with Crippen LogP contribution in [0.25, 0.3) is 0 Å². The van der Waals surface area contributed by atoms with Crippen molar-refractivity contribution < 1.29 is 4.74 Å². The maximum Gasteiger partial charge on any atom is 0.122 e. The third-order valence-corrected chi connectivity index (χ3v) is 3.19. The number of methoxy groups -OCH3 is 1. The molecule has 2 aromatic carbocycles. The Hall–Kier alpha value is -1.33. The summed E-state index contributed by atoms with van der Waals surface area (Å²) in [5.41, 5.74) is 2.54. The number of hydrogen-bond acceptors (Lipinski definition) is 1. The van der Waals surface area contributed by atoms with Gasteiger partial charge in [-0.1, -0.05) is 42.5 Å². The van der Waals surface area contributed by atoms with Gasteiger partial charge in [0.2, 0.25) is 0 Å². The fourth-order valence-electron chi connectivity index (χ4n) is 1.75. The summed E-state index contributed by atoms with van der Waals surface area (Å²) in [4.78, 5) is 0. The van der Waals surface area contributed by atoms with Crippen molar-refractivity contribution in [2.75, 3.05) is 7.11 Å². The third-order valence-electron chi connectivity index (χ3n) is 2.63. The van der Waals surface area contributed by atoms with Gasteiger partial charge in [-0.3, -0.25) is 0 Å². The molecule has 0 aliphatic rings. The summed E-state index contributed by atoms with van der Waals surface area (Å²) in [6.45, 7) is 0. The van der Waals surface area contributed by atoms with Crippen molar-refractivity contribution in [3.8, 4) is 5.75 Å². The van der Waals surface area contributed by atoms with Gasteiger partial charge in [0.15, 0.2) is 0 Å². The van der Waals surface area contributed by atoms with E-state index in [1.165, 1.54) is 16.4 Å². The number of rotatable bonds is 3. The standard InChI is InChI=1S/C14H15OP/c1-15-13-8-4-2-6-11(13)10-12-7-3-5-9-14(12)16/h2-9H,10,16H2,1H3. The highest BCUT2D eigenvalue weighted by Gasteiger charge is 2.04. The van der Waals surface area contributed by atoms with Crippen LogP contribution in [-0.4, -0.2) is 7.11 Å². The van der Waals surface area contributed by atoms with Crippen LogP contribution >= 0.6 is 9.24 Å². The van der Waals surface area contributed by atoms with Crippen molar-refractivity contribution in [3.63, 3.8) is 0 Å². The van der Waals surface area contributed by atoms with Crippen LogP contribution in [0.5, 0.6) is 5.75 Å². The highest BCUT2D eigenvalue weighted by atomic mass is 31.0. The molecule has 2 aromatic rings. The van der Waals surface area contributed by atoms with Crippen molar-refractivity contribution >= 4 is 14.5 Å². The fourth-order valence-corrected chi connectivity index (χ4v) is 2.06. The normalized spacial score (nSPS) is 10.1. The van der Waals surface area contributed by atoms with Crippen molar-refractivity contribution in [1.82, 2.24) is 0 Å². The highest BCUT2D eigenvalue weighted by molar-refractivity contribution is 7.27. The van der Waals surface area contributed by atoms with Crippen LogP contribution in [0.1, 0.15) is 11.1 Å². The molecule has 0 aliphatic carbocycles.